The van der Waals surface area contributed by atoms with E-state index >= 15 is 0 Å². The average molecular weight is 292 g/mol. The number of hydrogen-bond acceptors (Lipinski definition) is 4. The van der Waals surface area contributed by atoms with Crippen molar-refractivity contribution in [3.8, 4) is 0 Å². The van der Waals surface area contributed by atoms with E-state index in [2.05, 4.69) is 9.97 Å². The Morgan fingerprint density at radius 2 is 2.21 bits per heavy atom. The monoisotopic (exact) mass is 291 g/mol. The second-order valence-corrected chi connectivity index (χ2v) is 5.73. The number of halogens is 1. The van der Waals surface area contributed by atoms with Gasteiger partial charge in [-0.15, -0.1) is 11.3 Å². The van der Waals surface area contributed by atoms with Gasteiger partial charge in [0.2, 0.25) is 0 Å². The van der Waals surface area contributed by atoms with E-state index < -0.39 is 0 Å². The molecule has 0 radical (unpaired) electrons. The summed E-state index contributed by atoms with van der Waals surface area (Å²) in [4.78, 5) is 21.4. The Hall–Kier alpha value is -1.72. The fourth-order valence-electron chi connectivity index (χ4n) is 1.88. The summed E-state index contributed by atoms with van der Waals surface area (Å²) >= 11 is 7.67. The van der Waals surface area contributed by atoms with Crippen molar-refractivity contribution in [2.45, 2.75) is 6.42 Å². The first kappa shape index (κ1) is 12.3. The zero-order chi connectivity index (χ0) is 13.4. The second-order valence-electron chi connectivity index (χ2n) is 4.19. The largest absolute Gasteiger partial charge is 0.315 e. The van der Waals surface area contributed by atoms with Crippen LogP contribution in [0.5, 0.6) is 0 Å². The summed E-state index contributed by atoms with van der Waals surface area (Å²) in [7, 11) is 1.72. The van der Waals surface area contributed by atoms with Crippen LogP contribution in [0.4, 0.5) is 0 Å². The lowest BCUT2D eigenvalue weighted by Gasteiger charge is -1.99. The Kier molecular flexibility index (Phi) is 3.08. The summed E-state index contributed by atoms with van der Waals surface area (Å²) in [6.45, 7) is 0. The first-order valence-corrected chi connectivity index (χ1v) is 6.88. The molecular formula is C13H10ClN3OS. The van der Waals surface area contributed by atoms with Crippen molar-refractivity contribution < 1.29 is 0 Å². The summed E-state index contributed by atoms with van der Waals surface area (Å²) < 4.78 is 2.48. The number of rotatable bonds is 2. The number of hydrogen-bond donors (Lipinski definition) is 0. The van der Waals surface area contributed by atoms with Crippen LogP contribution >= 0.6 is 22.9 Å². The van der Waals surface area contributed by atoms with E-state index in [1.807, 2.05) is 6.07 Å². The van der Waals surface area contributed by atoms with E-state index in [4.69, 9.17) is 11.6 Å². The predicted molar refractivity (Wildman–Crippen MR) is 76.9 cm³/mol. The van der Waals surface area contributed by atoms with Gasteiger partial charge in [0.05, 0.1) is 15.2 Å². The molecule has 0 aliphatic heterocycles. The standard InChI is InChI=1S/C13H10ClN3OS/c1-17-5-4-16-11(13(17)18)7-8-6-10-12(19-8)9(14)2-3-15-10/h2-6H,7H2,1H3. The molecule has 3 aromatic heterocycles. The quantitative estimate of drug-likeness (QED) is 0.729. The average Bonchev–Trinajstić information content (AvgIpc) is 2.79. The highest BCUT2D eigenvalue weighted by atomic mass is 35.5. The van der Waals surface area contributed by atoms with Crippen molar-refractivity contribution in [3.05, 3.63) is 56.7 Å². The molecule has 0 aliphatic rings. The molecule has 3 rings (SSSR count). The van der Waals surface area contributed by atoms with Crippen LogP contribution in [0.15, 0.2) is 35.5 Å². The molecule has 0 atom stereocenters. The number of thiophene rings is 1. The first-order valence-electron chi connectivity index (χ1n) is 5.68. The van der Waals surface area contributed by atoms with Gasteiger partial charge in [-0.1, -0.05) is 11.6 Å². The molecule has 0 aromatic carbocycles. The molecular weight excluding hydrogens is 282 g/mol. The summed E-state index contributed by atoms with van der Waals surface area (Å²) in [6, 6.07) is 3.73. The van der Waals surface area contributed by atoms with Crippen molar-refractivity contribution in [1.29, 1.82) is 0 Å². The van der Waals surface area contributed by atoms with Crippen molar-refractivity contribution in [2.24, 2.45) is 7.05 Å². The molecule has 0 N–H and O–H groups in total. The van der Waals surface area contributed by atoms with Gasteiger partial charge in [0.1, 0.15) is 5.69 Å². The number of aromatic nitrogens is 3. The molecule has 6 heteroatoms. The third-order valence-corrected chi connectivity index (χ3v) is 4.43. The van der Waals surface area contributed by atoms with Crippen LogP contribution in [0.25, 0.3) is 10.2 Å². The van der Waals surface area contributed by atoms with Crippen LogP contribution in [0.1, 0.15) is 10.6 Å². The number of aryl methyl sites for hydroxylation is 1. The molecule has 0 saturated heterocycles. The topological polar surface area (TPSA) is 47.8 Å². The van der Waals surface area contributed by atoms with Crippen molar-refractivity contribution in [1.82, 2.24) is 14.5 Å². The summed E-state index contributed by atoms with van der Waals surface area (Å²) in [5, 5.41) is 0.690. The van der Waals surface area contributed by atoms with Crippen LogP contribution < -0.4 is 5.56 Å². The van der Waals surface area contributed by atoms with Crippen molar-refractivity contribution in [2.75, 3.05) is 0 Å². The maximum absolute atomic E-state index is 11.9. The van der Waals surface area contributed by atoms with Crippen molar-refractivity contribution in [3.63, 3.8) is 0 Å². The fourth-order valence-corrected chi connectivity index (χ4v) is 3.17. The highest BCUT2D eigenvalue weighted by molar-refractivity contribution is 7.19. The molecule has 0 fully saturated rings. The molecule has 96 valence electrons. The minimum absolute atomic E-state index is 0.0704. The van der Waals surface area contributed by atoms with Crippen LogP contribution in [-0.4, -0.2) is 14.5 Å². The molecule has 3 heterocycles. The zero-order valence-corrected chi connectivity index (χ0v) is 11.7. The molecule has 0 spiro atoms. The second kappa shape index (κ2) is 4.75. The maximum Gasteiger partial charge on any atom is 0.272 e. The van der Waals surface area contributed by atoms with Gasteiger partial charge in [-0.3, -0.25) is 14.8 Å². The summed E-state index contributed by atoms with van der Waals surface area (Å²) in [5.41, 5.74) is 1.33. The lowest BCUT2D eigenvalue weighted by molar-refractivity contribution is 0.810. The number of nitrogens with zero attached hydrogens (tertiary/aromatic N) is 3. The molecule has 3 aromatic rings. The molecule has 0 unspecified atom stereocenters. The van der Waals surface area contributed by atoms with Gasteiger partial charge >= 0.3 is 0 Å². The van der Waals surface area contributed by atoms with Crippen LogP contribution in [-0.2, 0) is 13.5 Å². The lowest BCUT2D eigenvalue weighted by Crippen LogP contribution is -2.21. The van der Waals surface area contributed by atoms with Crippen LogP contribution in [0.2, 0.25) is 5.02 Å². The smallest absolute Gasteiger partial charge is 0.272 e. The zero-order valence-electron chi connectivity index (χ0n) is 10.1. The lowest BCUT2D eigenvalue weighted by atomic mass is 10.2. The van der Waals surface area contributed by atoms with E-state index in [1.54, 1.807) is 43.0 Å². The van der Waals surface area contributed by atoms with E-state index in [1.165, 1.54) is 4.57 Å². The third-order valence-electron chi connectivity index (χ3n) is 2.84. The van der Waals surface area contributed by atoms with Gasteiger partial charge in [-0.25, -0.2) is 0 Å². The van der Waals surface area contributed by atoms with E-state index in [-0.39, 0.29) is 5.56 Å². The highest BCUT2D eigenvalue weighted by Gasteiger charge is 2.09. The molecule has 0 aliphatic carbocycles. The molecule has 0 saturated carbocycles. The Morgan fingerprint density at radius 1 is 1.37 bits per heavy atom. The Balaban J connectivity index is 2.04. The first-order chi connectivity index (χ1) is 9.15. The van der Waals surface area contributed by atoms with E-state index in [0.717, 1.165) is 15.1 Å². The van der Waals surface area contributed by atoms with E-state index in [0.29, 0.717) is 17.1 Å². The molecule has 0 amide bonds. The minimum atomic E-state index is -0.0704. The minimum Gasteiger partial charge on any atom is -0.315 e. The Labute approximate surface area is 118 Å². The van der Waals surface area contributed by atoms with Gasteiger partial charge in [0.25, 0.3) is 5.56 Å². The number of pyridine rings is 1. The van der Waals surface area contributed by atoms with Crippen LogP contribution in [0.3, 0.4) is 0 Å². The van der Waals surface area contributed by atoms with E-state index in [9.17, 15) is 4.79 Å². The summed E-state index contributed by atoms with van der Waals surface area (Å²) in [5.74, 6) is 0. The fraction of sp³-hybridized carbons (Fsp3) is 0.154. The molecule has 4 nitrogen and oxygen atoms in total. The van der Waals surface area contributed by atoms with Crippen LogP contribution in [0, 0.1) is 0 Å². The van der Waals surface area contributed by atoms with Gasteiger partial charge < -0.3 is 4.57 Å². The Morgan fingerprint density at radius 3 is 3.00 bits per heavy atom. The summed E-state index contributed by atoms with van der Waals surface area (Å²) in [6.07, 6.45) is 5.47. The third kappa shape index (κ3) is 2.27. The van der Waals surface area contributed by atoms with Gasteiger partial charge in [0, 0.05) is 36.9 Å². The highest BCUT2D eigenvalue weighted by Crippen LogP contribution is 2.30. The van der Waals surface area contributed by atoms with Gasteiger partial charge in [-0.05, 0) is 12.1 Å². The normalized spacial score (nSPS) is 11.1. The molecule has 0 bridgehead atoms. The van der Waals surface area contributed by atoms with Gasteiger partial charge in [0.15, 0.2) is 0 Å². The SMILES string of the molecule is Cn1ccnc(Cc2cc3nccc(Cl)c3s2)c1=O. The Bertz CT molecular complexity index is 809. The molecule has 19 heavy (non-hydrogen) atoms. The number of fused-ring (bicyclic) bond motifs is 1. The predicted octanol–water partition coefficient (Wildman–Crippen LogP) is 2.63. The van der Waals surface area contributed by atoms with Crippen molar-refractivity contribution >= 4 is 33.2 Å². The maximum atomic E-state index is 11.9. The van der Waals surface area contributed by atoms with Gasteiger partial charge in [-0.2, -0.15) is 0 Å².